The number of likely N-dealkylation sites (N-methyl/N-ethyl adjacent to an activating group) is 1. The average Bonchev–Trinajstić information content (AvgIpc) is 3.78. The third kappa shape index (κ3) is 6.98. The van der Waals surface area contributed by atoms with Gasteiger partial charge in [-0.2, -0.15) is 0 Å². The maximum Gasteiger partial charge on any atom is 0.313 e. The minimum Gasteiger partial charge on any atom is -0.455 e. The SMILES string of the molecule is C[C@@H]1[C@@H](c2ccccc2)OC(=O)[C@@H]2[C@H]3O[C@@]4(C=C3Br)[C@H](C(=O)N(CCN3CCOCC3)C/C=C\CCC(=O)N1C)N([C@H](CO)c1ccccc1)C(=O)[C@@H]24. The number of aliphatic hydroxyl groups is 1. The smallest absolute Gasteiger partial charge is 0.313 e. The molecule has 0 aromatic heterocycles. The molecule has 282 valence electrons. The van der Waals surface area contributed by atoms with E-state index in [1.54, 1.807) is 22.9 Å². The number of allylic oxidation sites excluding steroid dienone is 1. The van der Waals surface area contributed by atoms with Gasteiger partial charge < -0.3 is 34.0 Å². The van der Waals surface area contributed by atoms with E-state index in [1.165, 1.54) is 4.90 Å². The molecule has 12 nitrogen and oxygen atoms in total. The number of rotatable bonds is 7. The minimum atomic E-state index is -1.51. The number of amides is 3. The number of nitrogens with zero attached hydrogens (tertiary/aromatic N) is 4. The molecule has 3 fully saturated rings. The highest BCUT2D eigenvalue weighted by atomic mass is 79.9. The Bertz CT molecular complexity index is 1740. The van der Waals surface area contributed by atoms with Crippen LogP contribution in [0.2, 0.25) is 0 Å². The molecule has 2 aromatic rings. The Morgan fingerprint density at radius 2 is 1.62 bits per heavy atom. The lowest BCUT2D eigenvalue weighted by molar-refractivity contribution is -0.164. The second-order valence-electron chi connectivity index (χ2n) is 14.4. The number of carbonyl (C=O) groups excluding carboxylic acids is 4. The summed E-state index contributed by atoms with van der Waals surface area (Å²) in [6.45, 7) is 5.25. The first-order chi connectivity index (χ1) is 25.7. The van der Waals surface area contributed by atoms with Crippen LogP contribution in [-0.4, -0.2) is 132 Å². The van der Waals surface area contributed by atoms with Crippen molar-refractivity contribution in [1.82, 2.24) is 19.6 Å². The van der Waals surface area contributed by atoms with E-state index in [1.807, 2.05) is 79.7 Å². The Labute approximate surface area is 318 Å². The summed E-state index contributed by atoms with van der Waals surface area (Å²) in [4.78, 5) is 65.4. The van der Waals surface area contributed by atoms with Crippen LogP contribution in [0.3, 0.4) is 0 Å². The second-order valence-corrected chi connectivity index (χ2v) is 15.4. The molecule has 0 radical (unpaired) electrons. The second kappa shape index (κ2) is 15.8. The van der Waals surface area contributed by atoms with E-state index in [0.717, 1.165) is 13.1 Å². The van der Waals surface area contributed by atoms with Gasteiger partial charge in [-0.25, -0.2) is 0 Å². The number of halogens is 1. The summed E-state index contributed by atoms with van der Waals surface area (Å²) in [5.41, 5.74) is -0.159. The fraction of sp³-hybridized carbons (Fsp3) is 0.500. The summed E-state index contributed by atoms with van der Waals surface area (Å²) < 4.78 is 19.2. The van der Waals surface area contributed by atoms with E-state index < -0.39 is 66.3 Å². The lowest BCUT2D eigenvalue weighted by Gasteiger charge is -2.39. The lowest BCUT2D eigenvalue weighted by atomic mass is 9.74. The van der Waals surface area contributed by atoms with Crippen molar-refractivity contribution in [2.24, 2.45) is 11.8 Å². The molecular weight excluding hydrogens is 744 g/mol. The minimum absolute atomic E-state index is 0.114. The zero-order valence-corrected chi connectivity index (χ0v) is 31.7. The first kappa shape index (κ1) is 37.4. The Kier molecular flexibility index (Phi) is 11.2. The highest BCUT2D eigenvalue weighted by Crippen LogP contribution is 2.60. The number of aliphatic hydroxyl groups excluding tert-OH is 1. The van der Waals surface area contributed by atoms with E-state index >= 15 is 9.59 Å². The van der Waals surface area contributed by atoms with Gasteiger partial charge in [0.2, 0.25) is 17.7 Å². The van der Waals surface area contributed by atoms with Crippen molar-refractivity contribution in [2.75, 3.05) is 59.6 Å². The number of likely N-dealkylation sites (tertiary alicyclic amines) is 1. The van der Waals surface area contributed by atoms with Crippen LogP contribution in [0.1, 0.15) is 43.0 Å². The van der Waals surface area contributed by atoms with Crippen LogP contribution in [0.25, 0.3) is 0 Å². The molecule has 3 saturated heterocycles. The number of carbonyl (C=O) groups is 4. The monoisotopic (exact) mass is 790 g/mol. The van der Waals surface area contributed by atoms with Gasteiger partial charge in [0, 0.05) is 50.7 Å². The van der Waals surface area contributed by atoms with E-state index in [0.29, 0.717) is 48.3 Å². The third-order valence-electron chi connectivity index (χ3n) is 11.5. The molecule has 1 spiro atoms. The fourth-order valence-electron chi connectivity index (χ4n) is 8.55. The van der Waals surface area contributed by atoms with Crippen molar-refractivity contribution >= 4 is 39.6 Å². The molecule has 53 heavy (non-hydrogen) atoms. The Morgan fingerprint density at radius 3 is 2.32 bits per heavy atom. The van der Waals surface area contributed by atoms with E-state index in [-0.39, 0.29) is 24.8 Å². The molecule has 5 heterocycles. The van der Waals surface area contributed by atoms with Gasteiger partial charge in [-0.3, -0.25) is 24.1 Å². The summed E-state index contributed by atoms with van der Waals surface area (Å²) in [5.74, 6) is -3.80. The highest BCUT2D eigenvalue weighted by Gasteiger charge is 2.75. The molecule has 7 rings (SSSR count). The maximum absolute atomic E-state index is 15.2. The summed E-state index contributed by atoms with van der Waals surface area (Å²) in [7, 11) is 1.71. The standard InChI is InChI=1S/C40H47BrN4O8/c1-26-34(28-14-8-4-9-15-28)52-39(50)32-33-37(48)45(30(25-46)27-12-6-3-7-13-27)36(40(33)24-29(41)35(32)53-40)38(49)44(19-18-43-20-22-51-23-21-43)17-11-5-10-16-31(47)42(26)2/h3-9,11-15,24,26,30,32-36,46H,10,16-23,25H2,1-2H3/b11-5-/t26-,30-,32+,33-,34+,35+,36+,40-/m1/s1. The van der Waals surface area contributed by atoms with Gasteiger partial charge >= 0.3 is 5.97 Å². The van der Waals surface area contributed by atoms with Crippen molar-refractivity contribution in [2.45, 2.75) is 55.7 Å². The molecule has 2 aromatic carbocycles. The van der Waals surface area contributed by atoms with Crippen molar-refractivity contribution in [3.63, 3.8) is 0 Å². The summed E-state index contributed by atoms with van der Waals surface area (Å²) >= 11 is 3.65. The first-order valence-electron chi connectivity index (χ1n) is 18.4. The molecule has 5 aliphatic rings. The summed E-state index contributed by atoms with van der Waals surface area (Å²) in [6, 6.07) is 15.8. The van der Waals surface area contributed by atoms with Gasteiger partial charge in [0.1, 0.15) is 29.8 Å². The number of ether oxygens (including phenoxy) is 3. The summed E-state index contributed by atoms with van der Waals surface area (Å²) in [6.07, 6.45) is 4.53. The number of morpholine rings is 1. The predicted molar refractivity (Wildman–Crippen MR) is 198 cm³/mol. The van der Waals surface area contributed by atoms with Gasteiger partial charge in [-0.15, -0.1) is 0 Å². The zero-order chi connectivity index (χ0) is 37.3. The van der Waals surface area contributed by atoms with Crippen molar-refractivity contribution in [1.29, 1.82) is 0 Å². The molecule has 3 amide bonds. The molecule has 8 atom stereocenters. The first-order valence-corrected chi connectivity index (χ1v) is 19.2. The van der Waals surface area contributed by atoms with E-state index in [9.17, 15) is 14.7 Å². The van der Waals surface area contributed by atoms with Gasteiger partial charge in [0.15, 0.2) is 0 Å². The third-order valence-corrected chi connectivity index (χ3v) is 12.2. The Balaban J connectivity index is 1.34. The molecule has 5 bridgehead atoms. The molecule has 1 N–H and O–H groups in total. The van der Waals surface area contributed by atoms with Crippen molar-refractivity contribution in [3.05, 3.63) is 94.5 Å². The average molecular weight is 792 g/mol. The van der Waals surface area contributed by atoms with Crippen LogP contribution >= 0.6 is 15.9 Å². The molecular formula is C40H47BrN4O8. The van der Waals surface area contributed by atoms with Gasteiger partial charge in [-0.1, -0.05) is 88.7 Å². The number of fused-ring (bicyclic) bond motifs is 2. The topological polar surface area (TPSA) is 129 Å². The normalized spacial score (nSPS) is 32.5. The number of hydrogen-bond acceptors (Lipinski definition) is 9. The highest BCUT2D eigenvalue weighted by molar-refractivity contribution is 9.11. The largest absolute Gasteiger partial charge is 0.455 e. The van der Waals surface area contributed by atoms with Crippen LogP contribution in [0.15, 0.2) is 83.4 Å². The quantitative estimate of drug-likeness (QED) is 0.332. The molecule has 0 aliphatic carbocycles. The maximum atomic E-state index is 15.2. The molecule has 0 saturated carbocycles. The van der Waals surface area contributed by atoms with Crippen LogP contribution < -0.4 is 0 Å². The van der Waals surface area contributed by atoms with Crippen molar-refractivity contribution in [3.8, 4) is 0 Å². The number of cyclic esters (lactones) is 1. The van der Waals surface area contributed by atoms with Gasteiger partial charge in [0.25, 0.3) is 0 Å². The van der Waals surface area contributed by atoms with Crippen molar-refractivity contribution < 1.29 is 38.5 Å². The van der Waals surface area contributed by atoms with E-state index in [2.05, 4.69) is 20.8 Å². The number of hydrogen-bond donors (Lipinski definition) is 1. The molecule has 13 heteroatoms. The fourth-order valence-corrected chi connectivity index (χ4v) is 9.28. The van der Waals surface area contributed by atoms with E-state index in [4.69, 9.17) is 14.2 Å². The molecule has 0 unspecified atom stereocenters. The predicted octanol–water partition coefficient (Wildman–Crippen LogP) is 3.24. The van der Waals surface area contributed by atoms with Gasteiger partial charge in [-0.05, 0) is 30.5 Å². The Morgan fingerprint density at radius 1 is 0.925 bits per heavy atom. The number of benzene rings is 2. The van der Waals surface area contributed by atoms with Crippen LogP contribution in [0.5, 0.6) is 0 Å². The van der Waals surface area contributed by atoms with Crippen LogP contribution in [0, 0.1) is 11.8 Å². The van der Waals surface area contributed by atoms with Crippen LogP contribution in [0.4, 0.5) is 0 Å². The lowest BCUT2D eigenvalue weighted by Crippen LogP contribution is -2.57. The Hall–Kier alpha value is -3.88. The zero-order valence-electron chi connectivity index (χ0n) is 30.1. The summed E-state index contributed by atoms with van der Waals surface area (Å²) in [5, 5.41) is 10.9. The number of esters is 1. The molecule has 5 aliphatic heterocycles. The van der Waals surface area contributed by atoms with Crippen LogP contribution in [-0.2, 0) is 33.4 Å². The van der Waals surface area contributed by atoms with Gasteiger partial charge in [0.05, 0.1) is 37.8 Å².